The predicted molar refractivity (Wildman–Crippen MR) is 54.8 cm³/mol. The fourth-order valence-electron chi connectivity index (χ4n) is 2.80. The SMILES string of the molecule is CC1OC1(C)C1CCCCCCC1. The first-order valence-corrected chi connectivity index (χ1v) is 5.91. The Morgan fingerprint density at radius 2 is 1.46 bits per heavy atom. The maximum atomic E-state index is 5.74. The normalized spacial score (nSPS) is 42.5. The molecule has 0 aromatic carbocycles. The van der Waals surface area contributed by atoms with Crippen LogP contribution in [0, 0.1) is 5.92 Å². The predicted octanol–water partition coefficient (Wildman–Crippen LogP) is 3.52. The highest BCUT2D eigenvalue weighted by atomic mass is 16.6. The molecule has 2 unspecified atom stereocenters. The van der Waals surface area contributed by atoms with Crippen LogP contribution in [0.4, 0.5) is 0 Å². The molecule has 1 saturated heterocycles. The van der Waals surface area contributed by atoms with Gasteiger partial charge in [0.25, 0.3) is 0 Å². The summed E-state index contributed by atoms with van der Waals surface area (Å²) in [5.41, 5.74) is 0.261. The maximum absolute atomic E-state index is 5.74. The van der Waals surface area contributed by atoms with Crippen LogP contribution in [-0.4, -0.2) is 11.7 Å². The molecule has 2 rings (SSSR count). The van der Waals surface area contributed by atoms with Crippen LogP contribution < -0.4 is 0 Å². The van der Waals surface area contributed by atoms with Crippen LogP contribution in [0.3, 0.4) is 0 Å². The van der Waals surface area contributed by atoms with Crippen LogP contribution in [0.2, 0.25) is 0 Å². The lowest BCUT2D eigenvalue weighted by Crippen LogP contribution is -2.23. The molecule has 0 spiro atoms. The minimum absolute atomic E-state index is 0.261. The Bertz CT molecular complexity index is 170. The van der Waals surface area contributed by atoms with E-state index in [1.54, 1.807) is 0 Å². The summed E-state index contributed by atoms with van der Waals surface area (Å²) >= 11 is 0. The average Bonchev–Trinajstić information content (AvgIpc) is 2.58. The van der Waals surface area contributed by atoms with Crippen LogP contribution in [0.25, 0.3) is 0 Å². The van der Waals surface area contributed by atoms with E-state index >= 15 is 0 Å². The highest BCUT2D eigenvalue weighted by molar-refractivity contribution is 5.01. The maximum Gasteiger partial charge on any atom is 0.0945 e. The summed E-state index contributed by atoms with van der Waals surface area (Å²) in [7, 11) is 0. The van der Waals surface area contributed by atoms with Crippen molar-refractivity contribution in [1.29, 1.82) is 0 Å². The Kier molecular flexibility index (Phi) is 2.64. The summed E-state index contributed by atoms with van der Waals surface area (Å²) in [6.45, 7) is 4.53. The van der Waals surface area contributed by atoms with Crippen molar-refractivity contribution in [3.63, 3.8) is 0 Å². The molecule has 0 radical (unpaired) electrons. The van der Waals surface area contributed by atoms with Gasteiger partial charge in [-0.2, -0.15) is 0 Å². The van der Waals surface area contributed by atoms with Crippen molar-refractivity contribution in [2.45, 2.75) is 70.5 Å². The summed E-state index contributed by atoms with van der Waals surface area (Å²) < 4.78 is 5.74. The summed E-state index contributed by atoms with van der Waals surface area (Å²) in [5, 5.41) is 0. The summed E-state index contributed by atoms with van der Waals surface area (Å²) in [4.78, 5) is 0. The zero-order valence-corrected chi connectivity index (χ0v) is 9.01. The molecule has 0 bridgehead atoms. The number of hydrogen-bond acceptors (Lipinski definition) is 1. The zero-order valence-electron chi connectivity index (χ0n) is 9.01. The fourth-order valence-corrected chi connectivity index (χ4v) is 2.80. The Morgan fingerprint density at radius 1 is 1.00 bits per heavy atom. The Labute approximate surface area is 81.9 Å². The topological polar surface area (TPSA) is 12.5 Å². The van der Waals surface area contributed by atoms with Crippen molar-refractivity contribution in [2.24, 2.45) is 5.92 Å². The van der Waals surface area contributed by atoms with Gasteiger partial charge >= 0.3 is 0 Å². The second kappa shape index (κ2) is 3.61. The third kappa shape index (κ3) is 1.90. The highest BCUT2D eigenvalue weighted by Gasteiger charge is 2.53. The van der Waals surface area contributed by atoms with Gasteiger partial charge < -0.3 is 4.74 Å². The van der Waals surface area contributed by atoms with Crippen molar-refractivity contribution in [3.05, 3.63) is 0 Å². The monoisotopic (exact) mass is 182 g/mol. The van der Waals surface area contributed by atoms with Gasteiger partial charge in [-0.3, -0.25) is 0 Å². The number of hydrogen-bond donors (Lipinski definition) is 0. The smallest absolute Gasteiger partial charge is 0.0945 e. The molecule has 1 heterocycles. The Hall–Kier alpha value is -0.0400. The van der Waals surface area contributed by atoms with Crippen molar-refractivity contribution in [3.8, 4) is 0 Å². The summed E-state index contributed by atoms with van der Waals surface area (Å²) in [6.07, 6.45) is 10.5. The van der Waals surface area contributed by atoms with E-state index in [0.29, 0.717) is 6.10 Å². The summed E-state index contributed by atoms with van der Waals surface area (Å²) in [5.74, 6) is 0.850. The minimum Gasteiger partial charge on any atom is -0.366 e. The largest absolute Gasteiger partial charge is 0.366 e. The average molecular weight is 182 g/mol. The Morgan fingerprint density at radius 3 is 1.92 bits per heavy atom. The van der Waals surface area contributed by atoms with Gasteiger partial charge in [0.05, 0.1) is 11.7 Å². The standard InChI is InChI=1S/C12H22O/c1-10-12(2,13-10)11-8-6-4-3-5-7-9-11/h10-11H,3-9H2,1-2H3. The highest BCUT2D eigenvalue weighted by Crippen LogP contribution is 2.47. The van der Waals surface area contributed by atoms with Gasteiger partial charge in [0.2, 0.25) is 0 Å². The lowest BCUT2D eigenvalue weighted by molar-refractivity contribution is 0.199. The molecule has 13 heavy (non-hydrogen) atoms. The first kappa shape index (κ1) is 9.51. The van der Waals surface area contributed by atoms with Crippen molar-refractivity contribution >= 4 is 0 Å². The van der Waals surface area contributed by atoms with Crippen LogP contribution in [-0.2, 0) is 4.74 Å². The van der Waals surface area contributed by atoms with Crippen LogP contribution in [0.5, 0.6) is 0 Å². The lowest BCUT2D eigenvalue weighted by Gasteiger charge is -2.23. The van der Waals surface area contributed by atoms with E-state index in [1.165, 1.54) is 44.9 Å². The second-order valence-corrected chi connectivity index (χ2v) is 4.99. The Balaban J connectivity index is 1.89. The molecule has 2 atom stereocenters. The van der Waals surface area contributed by atoms with Gasteiger partial charge in [-0.25, -0.2) is 0 Å². The molecule has 1 aliphatic heterocycles. The van der Waals surface area contributed by atoms with E-state index in [0.717, 1.165) is 5.92 Å². The van der Waals surface area contributed by atoms with Crippen LogP contribution in [0.1, 0.15) is 58.8 Å². The molecule has 0 aromatic rings. The number of epoxide rings is 1. The molecular formula is C12H22O. The fraction of sp³-hybridized carbons (Fsp3) is 1.00. The van der Waals surface area contributed by atoms with Crippen LogP contribution in [0.15, 0.2) is 0 Å². The van der Waals surface area contributed by atoms with E-state index in [4.69, 9.17) is 4.74 Å². The molecule has 1 heteroatoms. The van der Waals surface area contributed by atoms with Gasteiger partial charge in [0.1, 0.15) is 0 Å². The van der Waals surface area contributed by atoms with E-state index in [1.807, 2.05) is 0 Å². The van der Waals surface area contributed by atoms with Gasteiger partial charge in [-0.15, -0.1) is 0 Å². The molecule has 76 valence electrons. The van der Waals surface area contributed by atoms with Crippen molar-refractivity contribution in [2.75, 3.05) is 0 Å². The number of ether oxygens (including phenoxy) is 1. The minimum atomic E-state index is 0.261. The first-order valence-electron chi connectivity index (χ1n) is 5.91. The van der Waals surface area contributed by atoms with Gasteiger partial charge in [0.15, 0.2) is 0 Å². The zero-order chi connectivity index (χ0) is 9.31. The first-order chi connectivity index (χ1) is 6.23. The lowest BCUT2D eigenvalue weighted by atomic mass is 9.81. The molecule has 0 amide bonds. The van der Waals surface area contributed by atoms with E-state index in [-0.39, 0.29) is 5.60 Å². The van der Waals surface area contributed by atoms with Crippen LogP contribution >= 0.6 is 0 Å². The second-order valence-electron chi connectivity index (χ2n) is 4.99. The molecule has 0 aromatic heterocycles. The van der Waals surface area contributed by atoms with E-state index < -0.39 is 0 Å². The van der Waals surface area contributed by atoms with Crippen molar-refractivity contribution in [1.82, 2.24) is 0 Å². The summed E-state index contributed by atoms with van der Waals surface area (Å²) in [6, 6.07) is 0. The van der Waals surface area contributed by atoms with E-state index in [9.17, 15) is 0 Å². The van der Waals surface area contributed by atoms with Gasteiger partial charge in [0, 0.05) is 0 Å². The molecule has 1 nitrogen and oxygen atoms in total. The molecule has 1 saturated carbocycles. The third-order valence-electron chi connectivity index (χ3n) is 4.10. The molecular weight excluding hydrogens is 160 g/mol. The van der Waals surface area contributed by atoms with Gasteiger partial charge in [-0.05, 0) is 32.6 Å². The van der Waals surface area contributed by atoms with Gasteiger partial charge in [-0.1, -0.05) is 32.1 Å². The van der Waals surface area contributed by atoms with Crippen molar-refractivity contribution < 1.29 is 4.74 Å². The third-order valence-corrected chi connectivity index (χ3v) is 4.10. The molecule has 2 fully saturated rings. The quantitative estimate of drug-likeness (QED) is 0.565. The molecule has 1 aliphatic carbocycles. The van der Waals surface area contributed by atoms with E-state index in [2.05, 4.69) is 13.8 Å². The molecule has 0 N–H and O–H groups in total. The number of rotatable bonds is 1. The molecule has 2 aliphatic rings.